The number of thioether (sulfide) groups is 1. The van der Waals surface area contributed by atoms with Gasteiger partial charge in [-0.25, -0.2) is 4.39 Å². The van der Waals surface area contributed by atoms with Crippen LogP contribution in [0.5, 0.6) is 17.2 Å². The van der Waals surface area contributed by atoms with Crippen LogP contribution < -0.4 is 19.5 Å². The number of amides is 1. The molecule has 0 fully saturated rings. The zero-order valence-electron chi connectivity index (χ0n) is 18.0. The Balaban J connectivity index is 1.52. The number of ether oxygens (including phenoxy) is 3. The fraction of sp³-hybridized carbons (Fsp3) is 0.318. The minimum absolute atomic E-state index is 0.0754. The molecule has 1 heterocycles. The van der Waals surface area contributed by atoms with Crippen LogP contribution in [-0.2, 0) is 4.79 Å². The van der Waals surface area contributed by atoms with E-state index in [0.29, 0.717) is 36.1 Å². The molecule has 170 valence electrons. The molecule has 32 heavy (non-hydrogen) atoms. The second-order valence-electron chi connectivity index (χ2n) is 6.48. The Morgan fingerprint density at radius 2 is 1.81 bits per heavy atom. The molecule has 1 unspecified atom stereocenters. The van der Waals surface area contributed by atoms with Crippen molar-refractivity contribution in [1.29, 1.82) is 0 Å². The number of rotatable bonds is 11. The van der Waals surface area contributed by atoms with Crippen molar-refractivity contribution in [2.75, 3.05) is 24.3 Å². The summed E-state index contributed by atoms with van der Waals surface area (Å²) in [6.07, 6.45) is -0.531. The van der Waals surface area contributed by atoms with Crippen molar-refractivity contribution in [3.05, 3.63) is 54.2 Å². The zero-order chi connectivity index (χ0) is 22.9. The molecule has 8 nitrogen and oxygen atoms in total. The van der Waals surface area contributed by atoms with E-state index in [4.69, 9.17) is 18.6 Å². The minimum atomic E-state index is -0.531. The highest BCUT2D eigenvalue weighted by molar-refractivity contribution is 7.99. The maximum Gasteiger partial charge on any atom is 0.277 e. The van der Waals surface area contributed by atoms with Crippen LogP contribution in [0, 0.1) is 5.82 Å². The van der Waals surface area contributed by atoms with Gasteiger partial charge in [0, 0.05) is 11.8 Å². The number of halogens is 1. The first-order valence-corrected chi connectivity index (χ1v) is 11.0. The van der Waals surface area contributed by atoms with E-state index in [2.05, 4.69) is 15.5 Å². The predicted molar refractivity (Wildman–Crippen MR) is 118 cm³/mol. The Kier molecular flexibility index (Phi) is 8.32. The Hall–Kier alpha value is -3.27. The third-order valence-corrected chi connectivity index (χ3v) is 4.87. The van der Waals surface area contributed by atoms with E-state index < -0.39 is 6.10 Å². The number of hydrogen-bond acceptors (Lipinski definition) is 8. The maximum absolute atomic E-state index is 13.0. The van der Waals surface area contributed by atoms with Crippen LogP contribution in [0.15, 0.2) is 52.1 Å². The molecule has 10 heteroatoms. The molecule has 3 aromatic rings. The molecule has 0 aliphatic heterocycles. The number of nitrogens with one attached hydrogen (secondary N) is 1. The van der Waals surface area contributed by atoms with Crippen LogP contribution >= 0.6 is 11.8 Å². The van der Waals surface area contributed by atoms with E-state index in [-0.39, 0.29) is 28.6 Å². The highest BCUT2D eigenvalue weighted by atomic mass is 32.2. The molecule has 0 bridgehead atoms. The van der Waals surface area contributed by atoms with Crippen molar-refractivity contribution < 1.29 is 27.8 Å². The Morgan fingerprint density at radius 3 is 2.53 bits per heavy atom. The van der Waals surface area contributed by atoms with Gasteiger partial charge in [-0.2, -0.15) is 0 Å². The van der Waals surface area contributed by atoms with Crippen molar-refractivity contribution in [2.45, 2.75) is 32.1 Å². The molecule has 1 aromatic heterocycles. The largest absolute Gasteiger partial charge is 0.490 e. The number of carbonyl (C=O) groups is 1. The van der Waals surface area contributed by atoms with E-state index in [9.17, 15) is 9.18 Å². The monoisotopic (exact) mass is 461 g/mol. The van der Waals surface area contributed by atoms with Crippen LogP contribution in [0.4, 0.5) is 10.1 Å². The average Bonchev–Trinajstić information content (AvgIpc) is 3.25. The average molecular weight is 462 g/mol. The van der Waals surface area contributed by atoms with Crippen molar-refractivity contribution in [3.8, 4) is 17.2 Å². The molecule has 0 spiro atoms. The number of carbonyl (C=O) groups excluding carboxylic acids is 1. The summed E-state index contributed by atoms with van der Waals surface area (Å²) < 4.78 is 35.3. The Morgan fingerprint density at radius 1 is 1.09 bits per heavy atom. The standard InChI is InChI=1S/C22H24FN3O5S/c1-4-28-18-11-8-16(12-19(18)29-5-2)24-20(27)13-32-22-26-25-21(31-22)14(3)30-17-9-6-15(23)7-10-17/h6-12,14H,4-5,13H2,1-3H3,(H,24,27). The first-order chi connectivity index (χ1) is 15.5. The van der Waals surface area contributed by atoms with E-state index >= 15 is 0 Å². The Labute approximate surface area is 189 Å². The number of anilines is 1. The van der Waals surface area contributed by atoms with Crippen LogP contribution in [0.3, 0.4) is 0 Å². The first kappa shape index (κ1) is 23.4. The number of hydrogen-bond donors (Lipinski definition) is 1. The lowest BCUT2D eigenvalue weighted by molar-refractivity contribution is -0.113. The van der Waals surface area contributed by atoms with E-state index in [1.54, 1.807) is 25.1 Å². The topological polar surface area (TPSA) is 95.7 Å². The van der Waals surface area contributed by atoms with Crippen LogP contribution in [0.25, 0.3) is 0 Å². The predicted octanol–water partition coefficient (Wildman–Crippen LogP) is 4.88. The maximum atomic E-state index is 13.0. The fourth-order valence-electron chi connectivity index (χ4n) is 2.66. The molecule has 0 aliphatic rings. The second kappa shape index (κ2) is 11.4. The zero-order valence-corrected chi connectivity index (χ0v) is 18.8. The molecule has 1 atom stereocenters. The molecule has 0 radical (unpaired) electrons. The number of nitrogens with zero attached hydrogens (tertiary/aromatic N) is 2. The third kappa shape index (κ3) is 6.61. The summed E-state index contributed by atoms with van der Waals surface area (Å²) in [5.74, 6) is 1.41. The van der Waals surface area contributed by atoms with Crippen LogP contribution in [0.1, 0.15) is 32.8 Å². The third-order valence-electron chi connectivity index (χ3n) is 4.05. The molecule has 0 saturated heterocycles. The highest BCUT2D eigenvalue weighted by Crippen LogP contribution is 2.31. The summed E-state index contributed by atoms with van der Waals surface area (Å²) in [5.41, 5.74) is 0.593. The molecule has 0 saturated carbocycles. The second-order valence-corrected chi connectivity index (χ2v) is 7.41. The molecule has 0 aliphatic carbocycles. The van der Waals surface area contributed by atoms with Crippen LogP contribution in [0.2, 0.25) is 0 Å². The normalized spacial score (nSPS) is 11.6. The van der Waals surface area contributed by atoms with Gasteiger partial charge >= 0.3 is 0 Å². The van der Waals surface area contributed by atoms with Gasteiger partial charge in [-0.1, -0.05) is 11.8 Å². The fourth-order valence-corrected chi connectivity index (χ4v) is 3.23. The Bertz CT molecular complexity index is 1030. The molecular formula is C22H24FN3O5S. The van der Waals surface area contributed by atoms with Gasteiger partial charge in [-0.3, -0.25) is 4.79 Å². The molecule has 1 amide bonds. The van der Waals surface area contributed by atoms with Gasteiger partial charge in [-0.15, -0.1) is 10.2 Å². The quantitative estimate of drug-likeness (QED) is 0.404. The summed E-state index contributed by atoms with van der Waals surface area (Å²) in [4.78, 5) is 12.3. The van der Waals surface area contributed by atoms with Gasteiger partial charge in [0.05, 0.1) is 19.0 Å². The van der Waals surface area contributed by atoms with Gasteiger partial charge in [0.25, 0.3) is 11.1 Å². The van der Waals surface area contributed by atoms with Gasteiger partial charge in [0.15, 0.2) is 17.6 Å². The summed E-state index contributed by atoms with van der Waals surface area (Å²) in [6.45, 7) is 6.50. The summed E-state index contributed by atoms with van der Waals surface area (Å²) in [7, 11) is 0. The van der Waals surface area contributed by atoms with E-state index in [1.165, 1.54) is 24.3 Å². The smallest absolute Gasteiger partial charge is 0.277 e. The van der Waals surface area contributed by atoms with E-state index in [0.717, 1.165) is 11.8 Å². The van der Waals surface area contributed by atoms with Crippen molar-refractivity contribution >= 4 is 23.4 Å². The van der Waals surface area contributed by atoms with Crippen molar-refractivity contribution in [1.82, 2.24) is 10.2 Å². The SMILES string of the molecule is CCOc1ccc(NC(=O)CSc2nnc(C(C)Oc3ccc(F)cc3)o2)cc1OCC. The lowest BCUT2D eigenvalue weighted by Gasteiger charge is -2.12. The molecule has 1 N–H and O–H groups in total. The van der Waals surface area contributed by atoms with Gasteiger partial charge in [-0.05, 0) is 57.2 Å². The minimum Gasteiger partial charge on any atom is -0.490 e. The highest BCUT2D eigenvalue weighted by Gasteiger charge is 2.17. The summed E-state index contributed by atoms with van der Waals surface area (Å²) >= 11 is 1.11. The van der Waals surface area contributed by atoms with Gasteiger partial charge in [0.1, 0.15) is 11.6 Å². The summed E-state index contributed by atoms with van der Waals surface area (Å²) in [5, 5.41) is 10.9. The van der Waals surface area contributed by atoms with Gasteiger partial charge in [0.2, 0.25) is 5.91 Å². The van der Waals surface area contributed by atoms with Crippen molar-refractivity contribution in [3.63, 3.8) is 0 Å². The molecule has 2 aromatic carbocycles. The van der Waals surface area contributed by atoms with Crippen molar-refractivity contribution in [2.24, 2.45) is 0 Å². The molecule has 3 rings (SSSR count). The lowest BCUT2D eigenvalue weighted by atomic mass is 10.2. The summed E-state index contributed by atoms with van der Waals surface area (Å²) in [6, 6.07) is 10.9. The van der Waals surface area contributed by atoms with Crippen LogP contribution in [-0.4, -0.2) is 35.1 Å². The number of aromatic nitrogens is 2. The number of benzene rings is 2. The van der Waals surface area contributed by atoms with E-state index in [1.807, 2.05) is 13.8 Å². The first-order valence-electron chi connectivity index (χ1n) is 10.1. The lowest BCUT2D eigenvalue weighted by Crippen LogP contribution is -2.14. The van der Waals surface area contributed by atoms with Gasteiger partial charge < -0.3 is 23.9 Å². The molecular weight excluding hydrogens is 437 g/mol.